The van der Waals surface area contributed by atoms with Crippen LogP contribution >= 0.6 is 0 Å². The maximum atomic E-state index is 8.70. The highest BCUT2D eigenvalue weighted by Crippen LogP contribution is 2.28. The molecule has 0 atom stereocenters. The Hall–Kier alpha value is -0.550. The predicted molar refractivity (Wildman–Crippen MR) is 63.6 cm³/mol. The van der Waals surface area contributed by atoms with E-state index in [1.165, 1.54) is 32.1 Å². The van der Waals surface area contributed by atoms with E-state index in [2.05, 4.69) is 31.7 Å². The third-order valence-electron chi connectivity index (χ3n) is 3.34. The summed E-state index contributed by atoms with van der Waals surface area (Å²) in [6.07, 6.45) is 7.43. The van der Waals surface area contributed by atoms with Crippen molar-refractivity contribution in [2.24, 2.45) is 0 Å². The number of hydrogen-bond donors (Lipinski definition) is 0. The Morgan fingerprint density at radius 3 is 2.27 bits per heavy atom. The normalized spacial score (nSPS) is 19.1. The average Bonchev–Trinajstić information content (AvgIpc) is 2.18. The Morgan fingerprint density at radius 2 is 1.80 bits per heavy atom. The van der Waals surface area contributed by atoms with Crippen molar-refractivity contribution >= 4 is 0 Å². The molecule has 0 N–H and O–H groups in total. The first-order valence-corrected chi connectivity index (χ1v) is 6.19. The Labute approximate surface area is 94.3 Å². The van der Waals surface area contributed by atoms with Crippen LogP contribution in [0, 0.1) is 11.3 Å². The Kier molecular flexibility index (Phi) is 4.60. The summed E-state index contributed by atoms with van der Waals surface area (Å²) in [5, 5.41) is 8.70. The lowest BCUT2D eigenvalue weighted by atomic mass is 9.90. The molecule has 0 spiro atoms. The van der Waals surface area contributed by atoms with E-state index in [1.54, 1.807) is 0 Å². The first kappa shape index (κ1) is 12.5. The predicted octanol–water partition coefficient (Wildman–Crippen LogP) is 3.33. The number of rotatable bonds is 3. The first-order chi connectivity index (χ1) is 7.05. The highest BCUT2D eigenvalue weighted by Gasteiger charge is 2.29. The lowest BCUT2D eigenvalue weighted by Crippen LogP contribution is -2.49. The molecule has 1 fully saturated rings. The van der Waals surface area contributed by atoms with Crippen LogP contribution < -0.4 is 0 Å². The third kappa shape index (κ3) is 3.83. The minimum absolute atomic E-state index is 0.207. The van der Waals surface area contributed by atoms with E-state index < -0.39 is 0 Å². The van der Waals surface area contributed by atoms with Crippen molar-refractivity contribution < 1.29 is 0 Å². The molecule has 0 heterocycles. The molecule has 1 aliphatic carbocycles. The molecule has 15 heavy (non-hydrogen) atoms. The average molecular weight is 208 g/mol. The van der Waals surface area contributed by atoms with Gasteiger partial charge in [0, 0.05) is 24.5 Å². The monoisotopic (exact) mass is 208 g/mol. The second kappa shape index (κ2) is 5.51. The van der Waals surface area contributed by atoms with Crippen molar-refractivity contribution in [2.45, 2.75) is 70.9 Å². The molecule has 2 heteroatoms. The fraction of sp³-hybridized carbons (Fsp3) is 0.923. The van der Waals surface area contributed by atoms with Crippen molar-refractivity contribution in [1.29, 1.82) is 5.26 Å². The van der Waals surface area contributed by atoms with E-state index in [0.29, 0.717) is 12.5 Å². The van der Waals surface area contributed by atoms with Gasteiger partial charge in [-0.2, -0.15) is 5.26 Å². The highest BCUT2D eigenvalue weighted by atomic mass is 15.2. The molecule has 0 aliphatic heterocycles. The molecule has 0 saturated heterocycles. The zero-order chi connectivity index (χ0) is 11.3. The molecule has 0 unspecified atom stereocenters. The van der Waals surface area contributed by atoms with Crippen molar-refractivity contribution in [2.75, 3.05) is 6.54 Å². The number of nitrogens with zero attached hydrogens (tertiary/aromatic N) is 2. The van der Waals surface area contributed by atoms with E-state index in [0.717, 1.165) is 6.54 Å². The summed E-state index contributed by atoms with van der Waals surface area (Å²) in [5.41, 5.74) is 0.207. The summed E-state index contributed by atoms with van der Waals surface area (Å²) < 4.78 is 0. The number of hydrogen-bond acceptors (Lipinski definition) is 2. The molecule has 0 bridgehead atoms. The van der Waals surface area contributed by atoms with Crippen LogP contribution in [0.3, 0.4) is 0 Å². The minimum Gasteiger partial charge on any atom is -0.295 e. The molecule has 0 radical (unpaired) electrons. The Bertz CT molecular complexity index is 216. The van der Waals surface area contributed by atoms with Gasteiger partial charge in [-0.05, 0) is 33.6 Å². The summed E-state index contributed by atoms with van der Waals surface area (Å²) in [7, 11) is 0. The van der Waals surface area contributed by atoms with Gasteiger partial charge in [-0.15, -0.1) is 0 Å². The van der Waals surface area contributed by atoms with Gasteiger partial charge in [0.1, 0.15) is 0 Å². The van der Waals surface area contributed by atoms with Gasteiger partial charge >= 0.3 is 0 Å². The SMILES string of the molecule is CC(C)(C)N(CCC#N)C1CCCCC1. The van der Waals surface area contributed by atoms with Gasteiger partial charge in [0.15, 0.2) is 0 Å². The molecular weight excluding hydrogens is 184 g/mol. The fourth-order valence-electron chi connectivity index (χ4n) is 2.63. The maximum absolute atomic E-state index is 8.70. The highest BCUT2D eigenvalue weighted by molar-refractivity contribution is 4.87. The zero-order valence-electron chi connectivity index (χ0n) is 10.4. The fourth-order valence-corrected chi connectivity index (χ4v) is 2.63. The van der Waals surface area contributed by atoms with Gasteiger partial charge in [0.2, 0.25) is 0 Å². The van der Waals surface area contributed by atoms with Crippen molar-refractivity contribution in [1.82, 2.24) is 4.90 Å². The van der Waals surface area contributed by atoms with Crippen molar-refractivity contribution in [3.63, 3.8) is 0 Å². The Balaban J connectivity index is 2.58. The van der Waals surface area contributed by atoms with Gasteiger partial charge < -0.3 is 0 Å². The van der Waals surface area contributed by atoms with Crippen LogP contribution in [-0.2, 0) is 0 Å². The van der Waals surface area contributed by atoms with E-state index in [-0.39, 0.29) is 5.54 Å². The van der Waals surface area contributed by atoms with Crippen molar-refractivity contribution in [3.8, 4) is 6.07 Å². The molecule has 86 valence electrons. The zero-order valence-corrected chi connectivity index (χ0v) is 10.4. The van der Waals surface area contributed by atoms with E-state index in [9.17, 15) is 0 Å². The topological polar surface area (TPSA) is 27.0 Å². The largest absolute Gasteiger partial charge is 0.295 e. The molecule has 0 aromatic heterocycles. The van der Waals surface area contributed by atoms with Crippen LogP contribution in [0.25, 0.3) is 0 Å². The van der Waals surface area contributed by atoms with Crippen molar-refractivity contribution in [3.05, 3.63) is 0 Å². The van der Waals surface area contributed by atoms with Gasteiger partial charge in [0.05, 0.1) is 6.07 Å². The second-order valence-electron chi connectivity index (χ2n) is 5.56. The maximum Gasteiger partial charge on any atom is 0.0635 e. The van der Waals surface area contributed by atoms with Crippen LogP contribution in [0.15, 0.2) is 0 Å². The Morgan fingerprint density at radius 1 is 1.20 bits per heavy atom. The molecule has 1 saturated carbocycles. The van der Waals surface area contributed by atoms with Crippen LogP contribution in [0.4, 0.5) is 0 Å². The van der Waals surface area contributed by atoms with Gasteiger partial charge in [0.25, 0.3) is 0 Å². The lowest BCUT2D eigenvalue weighted by molar-refractivity contribution is 0.0628. The molecule has 0 aromatic rings. The minimum atomic E-state index is 0.207. The number of nitriles is 1. The third-order valence-corrected chi connectivity index (χ3v) is 3.34. The summed E-state index contributed by atoms with van der Waals surface area (Å²) >= 11 is 0. The molecule has 0 aromatic carbocycles. The van der Waals surface area contributed by atoms with Crippen LogP contribution in [0.5, 0.6) is 0 Å². The second-order valence-corrected chi connectivity index (χ2v) is 5.56. The first-order valence-electron chi connectivity index (χ1n) is 6.19. The summed E-state index contributed by atoms with van der Waals surface area (Å²) in [4.78, 5) is 2.54. The van der Waals surface area contributed by atoms with Crippen LogP contribution in [0.1, 0.15) is 59.3 Å². The standard InChI is InChI=1S/C13H24N2/c1-13(2,3)15(11-7-10-14)12-8-5-4-6-9-12/h12H,4-9,11H2,1-3H3. The van der Waals surface area contributed by atoms with Gasteiger partial charge in [-0.25, -0.2) is 0 Å². The molecule has 1 aliphatic rings. The van der Waals surface area contributed by atoms with E-state index in [4.69, 9.17) is 5.26 Å². The van der Waals surface area contributed by atoms with E-state index >= 15 is 0 Å². The van der Waals surface area contributed by atoms with Crippen LogP contribution in [0.2, 0.25) is 0 Å². The van der Waals surface area contributed by atoms with Crippen LogP contribution in [-0.4, -0.2) is 23.0 Å². The van der Waals surface area contributed by atoms with Gasteiger partial charge in [-0.3, -0.25) is 4.90 Å². The molecular formula is C13H24N2. The molecule has 1 rings (SSSR count). The summed E-state index contributed by atoms with van der Waals surface area (Å²) in [5.74, 6) is 0. The molecule has 2 nitrogen and oxygen atoms in total. The quantitative estimate of drug-likeness (QED) is 0.711. The van der Waals surface area contributed by atoms with Gasteiger partial charge in [-0.1, -0.05) is 19.3 Å². The molecule has 0 amide bonds. The summed E-state index contributed by atoms with van der Waals surface area (Å²) in [6, 6.07) is 2.98. The smallest absolute Gasteiger partial charge is 0.0635 e. The summed E-state index contributed by atoms with van der Waals surface area (Å²) in [6.45, 7) is 7.72. The van der Waals surface area contributed by atoms with E-state index in [1.807, 2.05) is 0 Å². The lowest BCUT2D eigenvalue weighted by Gasteiger charge is -2.43.